The maximum absolute atomic E-state index is 10.5. The van der Waals surface area contributed by atoms with Gasteiger partial charge in [0.05, 0.1) is 5.88 Å². The first kappa shape index (κ1) is 9.35. The van der Waals surface area contributed by atoms with Gasteiger partial charge in [-0.25, -0.2) is 4.79 Å². The number of ether oxygens (including phenoxy) is 1. The summed E-state index contributed by atoms with van der Waals surface area (Å²) in [6, 6.07) is 0. The third kappa shape index (κ3) is 6.23. The molecule has 0 saturated carbocycles. The van der Waals surface area contributed by atoms with E-state index in [9.17, 15) is 4.79 Å². The topological polar surface area (TPSA) is 38.3 Å². The number of hydrogen-bond donors (Lipinski definition) is 1. The number of rotatable bonds is 3. The first-order chi connectivity index (χ1) is 4.31. The van der Waals surface area contributed by atoms with Crippen molar-refractivity contribution in [3.05, 3.63) is 0 Å². The van der Waals surface area contributed by atoms with E-state index in [1.807, 2.05) is 28.8 Å². The van der Waals surface area contributed by atoms with E-state index in [1.165, 1.54) is 0 Å². The summed E-state index contributed by atoms with van der Waals surface area (Å²) in [6.45, 7) is 0. The smallest absolute Gasteiger partial charge is 0.408 e. The van der Waals surface area contributed by atoms with Gasteiger partial charge in [-0.15, -0.1) is 11.8 Å². The average molecular weight is 261 g/mol. The van der Waals surface area contributed by atoms with E-state index in [-0.39, 0.29) is 6.09 Å². The van der Waals surface area contributed by atoms with Gasteiger partial charge in [0.2, 0.25) is 0 Å². The first-order valence-corrected chi connectivity index (χ1v) is 5.18. The summed E-state index contributed by atoms with van der Waals surface area (Å²) in [4.78, 5) is 10.5. The van der Waals surface area contributed by atoms with E-state index in [0.717, 1.165) is 0 Å². The number of alkyl halides is 1. The zero-order chi connectivity index (χ0) is 7.11. The molecular formula is C4H8INO2S. The molecule has 0 atom stereocenters. The van der Waals surface area contributed by atoms with Gasteiger partial charge >= 0.3 is 6.09 Å². The molecule has 0 aliphatic rings. The Morgan fingerprint density at radius 1 is 1.89 bits per heavy atom. The molecule has 0 spiro atoms. The SMILES string of the molecule is CSCNC(=O)OCI. The molecule has 3 nitrogen and oxygen atoms in total. The van der Waals surface area contributed by atoms with Crippen LogP contribution in [0.1, 0.15) is 0 Å². The number of alkyl carbamates (subject to hydrolysis) is 1. The van der Waals surface area contributed by atoms with Gasteiger partial charge in [-0.2, -0.15) is 0 Å². The minimum atomic E-state index is -0.348. The fourth-order valence-electron chi connectivity index (χ4n) is 0.232. The predicted octanol–water partition coefficient (Wildman–Crippen LogP) is 1.43. The van der Waals surface area contributed by atoms with Crippen molar-refractivity contribution in [2.24, 2.45) is 0 Å². The zero-order valence-corrected chi connectivity index (χ0v) is 7.99. The molecule has 0 radical (unpaired) electrons. The lowest BCUT2D eigenvalue weighted by Crippen LogP contribution is -2.22. The molecule has 0 heterocycles. The molecule has 1 amide bonds. The van der Waals surface area contributed by atoms with Gasteiger partial charge in [0.1, 0.15) is 4.61 Å². The second-order valence-corrected chi connectivity index (χ2v) is 2.64. The van der Waals surface area contributed by atoms with Crippen molar-refractivity contribution in [1.82, 2.24) is 5.32 Å². The Morgan fingerprint density at radius 2 is 2.56 bits per heavy atom. The minimum Gasteiger partial charge on any atom is -0.439 e. The van der Waals surface area contributed by atoms with Crippen LogP contribution in [-0.4, -0.2) is 22.8 Å². The molecule has 0 fully saturated rings. The second-order valence-electron chi connectivity index (χ2n) is 1.15. The average Bonchev–Trinajstić information content (AvgIpc) is 1.85. The van der Waals surface area contributed by atoms with E-state index in [1.54, 1.807) is 11.8 Å². The van der Waals surface area contributed by atoms with Crippen molar-refractivity contribution in [2.75, 3.05) is 16.7 Å². The Labute approximate surface area is 72.0 Å². The molecule has 0 aromatic carbocycles. The Morgan fingerprint density at radius 3 is 3.00 bits per heavy atom. The minimum absolute atomic E-state index is 0.348. The Kier molecular flexibility index (Phi) is 6.72. The number of thioether (sulfide) groups is 1. The fraction of sp³-hybridized carbons (Fsp3) is 0.750. The highest BCUT2D eigenvalue weighted by atomic mass is 127. The Balaban J connectivity index is 3.06. The third-order valence-corrected chi connectivity index (χ3v) is 1.29. The van der Waals surface area contributed by atoms with Gasteiger partial charge < -0.3 is 10.1 Å². The lowest BCUT2D eigenvalue weighted by molar-refractivity contribution is 0.170. The van der Waals surface area contributed by atoms with Gasteiger partial charge in [-0.3, -0.25) is 0 Å². The van der Waals surface area contributed by atoms with Crippen LogP contribution in [0, 0.1) is 0 Å². The van der Waals surface area contributed by atoms with Crippen LogP contribution in [0.25, 0.3) is 0 Å². The molecule has 0 bridgehead atoms. The molecule has 0 aromatic heterocycles. The molecular weight excluding hydrogens is 253 g/mol. The summed E-state index contributed by atoms with van der Waals surface area (Å²) in [5.74, 6) is 0.607. The van der Waals surface area contributed by atoms with Gasteiger partial charge in [0, 0.05) is 0 Å². The highest BCUT2D eigenvalue weighted by Gasteiger charge is 1.95. The van der Waals surface area contributed by atoms with Crippen LogP contribution in [0.15, 0.2) is 0 Å². The van der Waals surface area contributed by atoms with Crippen molar-refractivity contribution < 1.29 is 9.53 Å². The summed E-state index contributed by atoms with van der Waals surface area (Å²) >= 11 is 3.51. The molecule has 0 aromatic rings. The maximum atomic E-state index is 10.5. The van der Waals surface area contributed by atoms with Gasteiger partial charge in [0.25, 0.3) is 0 Å². The molecule has 0 aliphatic carbocycles. The van der Waals surface area contributed by atoms with Crippen LogP contribution in [0.2, 0.25) is 0 Å². The maximum Gasteiger partial charge on any atom is 0.408 e. The number of carbonyl (C=O) groups is 1. The largest absolute Gasteiger partial charge is 0.439 e. The lowest BCUT2D eigenvalue weighted by atomic mass is 11.1. The molecule has 5 heteroatoms. The van der Waals surface area contributed by atoms with Crippen LogP contribution in [0.3, 0.4) is 0 Å². The van der Waals surface area contributed by atoms with Crippen molar-refractivity contribution >= 4 is 40.4 Å². The number of nitrogens with one attached hydrogen (secondary N) is 1. The van der Waals surface area contributed by atoms with Crippen molar-refractivity contribution in [2.45, 2.75) is 0 Å². The van der Waals surface area contributed by atoms with Crippen LogP contribution in [-0.2, 0) is 4.74 Å². The van der Waals surface area contributed by atoms with Crippen molar-refractivity contribution in [3.63, 3.8) is 0 Å². The second kappa shape index (κ2) is 6.47. The quantitative estimate of drug-likeness (QED) is 0.474. The van der Waals surface area contributed by atoms with E-state index in [2.05, 4.69) is 10.1 Å². The molecule has 9 heavy (non-hydrogen) atoms. The zero-order valence-electron chi connectivity index (χ0n) is 5.02. The third-order valence-electron chi connectivity index (χ3n) is 0.546. The molecule has 0 saturated heterocycles. The van der Waals surface area contributed by atoms with Crippen LogP contribution < -0.4 is 5.32 Å². The number of halogens is 1. The van der Waals surface area contributed by atoms with Crippen molar-refractivity contribution in [1.29, 1.82) is 0 Å². The fourth-order valence-corrected chi connectivity index (χ4v) is 0.777. The normalized spacial score (nSPS) is 8.67. The van der Waals surface area contributed by atoms with Gasteiger partial charge in [-0.05, 0) is 28.8 Å². The standard InChI is InChI=1S/C4H8INO2S/c1-9-3-6-4(7)8-2-5/h2-3H2,1H3,(H,6,7). The summed E-state index contributed by atoms with van der Waals surface area (Å²) in [7, 11) is 0. The van der Waals surface area contributed by atoms with E-state index in [4.69, 9.17) is 0 Å². The molecule has 1 N–H and O–H groups in total. The van der Waals surface area contributed by atoms with Crippen LogP contribution in [0.4, 0.5) is 4.79 Å². The monoisotopic (exact) mass is 261 g/mol. The number of carbonyl (C=O) groups excluding carboxylic acids is 1. The summed E-state index contributed by atoms with van der Waals surface area (Å²) in [5.41, 5.74) is 0. The van der Waals surface area contributed by atoms with Gasteiger partial charge in [0.15, 0.2) is 0 Å². The van der Waals surface area contributed by atoms with Gasteiger partial charge in [-0.1, -0.05) is 0 Å². The molecule has 0 aliphatic heterocycles. The molecule has 54 valence electrons. The Bertz CT molecular complexity index is 90.6. The van der Waals surface area contributed by atoms with E-state index in [0.29, 0.717) is 10.5 Å². The highest BCUT2D eigenvalue weighted by molar-refractivity contribution is 14.1. The summed E-state index contributed by atoms with van der Waals surface area (Å²) in [6.07, 6.45) is 1.56. The molecule has 0 rings (SSSR count). The highest BCUT2D eigenvalue weighted by Crippen LogP contribution is 1.88. The van der Waals surface area contributed by atoms with Crippen molar-refractivity contribution in [3.8, 4) is 0 Å². The predicted molar refractivity (Wildman–Crippen MR) is 46.9 cm³/mol. The van der Waals surface area contributed by atoms with Crippen LogP contribution in [0.5, 0.6) is 0 Å². The molecule has 0 unspecified atom stereocenters. The van der Waals surface area contributed by atoms with E-state index < -0.39 is 0 Å². The number of amides is 1. The number of hydrogen-bond acceptors (Lipinski definition) is 3. The Hall–Kier alpha value is 0.350. The van der Waals surface area contributed by atoms with Crippen LogP contribution >= 0.6 is 34.4 Å². The summed E-state index contributed by atoms with van der Waals surface area (Å²) in [5, 5.41) is 2.53. The first-order valence-electron chi connectivity index (χ1n) is 2.26. The lowest BCUT2D eigenvalue weighted by Gasteiger charge is -2.00. The van der Waals surface area contributed by atoms with E-state index >= 15 is 0 Å². The summed E-state index contributed by atoms with van der Waals surface area (Å²) < 4.78 is 4.97.